The molecule has 4 nitrogen and oxygen atoms in total. The molecule has 0 aliphatic heterocycles. The van der Waals surface area contributed by atoms with Crippen molar-refractivity contribution < 1.29 is 9.53 Å². The molecule has 106 valence electrons. The molecule has 0 fully saturated rings. The van der Waals surface area contributed by atoms with Crippen molar-refractivity contribution in [2.45, 2.75) is 26.2 Å². The quantitative estimate of drug-likeness (QED) is 0.746. The number of rotatable bonds is 8. The van der Waals surface area contributed by atoms with Crippen LogP contribution in [0, 0.1) is 5.92 Å². The van der Waals surface area contributed by atoms with E-state index in [9.17, 15) is 4.79 Å². The van der Waals surface area contributed by atoms with Gasteiger partial charge in [-0.25, -0.2) is 0 Å². The van der Waals surface area contributed by atoms with Crippen LogP contribution in [0.15, 0.2) is 18.5 Å². The Kier molecular flexibility index (Phi) is 7.48. The number of amides is 1. The Morgan fingerprint density at radius 2 is 2.32 bits per heavy atom. The smallest absolute Gasteiger partial charge is 0.255 e. The molecule has 1 rings (SSSR count). The third-order valence-electron chi connectivity index (χ3n) is 3.01. The average molecular weight is 329 g/mol. The Bertz CT molecular complexity index is 393. The first-order valence-corrected chi connectivity index (χ1v) is 7.67. The number of ether oxygens (including phenoxy) is 1. The Balaban J connectivity index is 2.58. The van der Waals surface area contributed by atoms with Crippen molar-refractivity contribution in [1.82, 2.24) is 10.3 Å². The first-order chi connectivity index (χ1) is 9.22. The number of hydrogen-bond acceptors (Lipinski definition) is 3. The molecule has 19 heavy (non-hydrogen) atoms. The summed E-state index contributed by atoms with van der Waals surface area (Å²) in [6.45, 7) is 2.86. The summed E-state index contributed by atoms with van der Waals surface area (Å²) in [5.41, 5.74) is 0.534. The molecule has 1 N–H and O–H groups in total. The maximum Gasteiger partial charge on any atom is 0.255 e. The molecule has 1 atom stereocenters. The second-order valence-corrected chi connectivity index (χ2v) is 5.21. The van der Waals surface area contributed by atoms with Crippen LogP contribution in [0.5, 0.6) is 5.75 Å². The van der Waals surface area contributed by atoms with Crippen LogP contribution in [0.25, 0.3) is 0 Å². The Morgan fingerprint density at radius 1 is 1.53 bits per heavy atom. The molecule has 5 heteroatoms. The maximum absolute atomic E-state index is 12.1. The van der Waals surface area contributed by atoms with Gasteiger partial charge in [-0.3, -0.25) is 9.78 Å². The zero-order valence-electron chi connectivity index (χ0n) is 11.5. The van der Waals surface area contributed by atoms with E-state index < -0.39 is 0 Å². The van der Waals surface area contributed by atoms with E-state index >= 15 is 0 Å². The van der Waals surface area contributed by atoms with Crippen LogP contribution in [0.2, 0.25) is 0 Å². The van der Waals surface area contributed by atoms with Gasteiger partial charge < -0.3 is 10.1 Å². The van der Waals surface area contributed by atoms with Gasteiger partial charge in [0.2, 0.25) is 0 Å². The van der Waals surface area contributed by atoms with Crippen molar-refractivity contribution in [3.63, 3.8) is 0 Å². The third-order valence-corrected chi connectivity index (χ3v) is 3.47. The number of carbonyl (C=O) groups is 1. The second-order valence-electron chi connectivity index (χ2n) is 4.42. The SMILES string of the molecule is CCCC(CCBr)CNC(=O)c1ccncc1OC. The predicted octanol–water partition coefficient (Wildman–Crippen LogP) is 3.02. The number of carbonyl (C=O) groups excluding carboxylic acids is 1. The minimum absolute atomic E-state index is 0.102. The fourth-order valence-electron chi connectivity index (χ4n) is 1.97. The van der Waals surface area contributed by atoms with E-state index in [-0.39, 0.29) is 5.91 Å². The number of nitrogens with zero attached hydrogens (tertiary/aromatic N) is 1. The summed E-state index contributed by atoms with van der Waals surface area (Å²) in [7, 11) is 1.54. The van der Waals surface area contributed by atoms with Gasteiger partial charge >= 0.3 is 0 Å². The predicted molar refractivity (Wildman–Crippen MR) is 79.9 cm³/mol. The van der Waals surface area contributed by atoms with E-state index in [1.165, 1.54) is 0 Å². The highest BCUT2D eigenvalue weighted by atomic mass is 79.9. The zero-order chi connectivity index (χ0) is 14.1. The molecule has 0 saturated carbocycles. The van der Waals surface area contributed by atoms with Gasteiger partial charge in [0.15, 0.2) is 0 Å². The molecule has 1 aromatic heterocycles. The lowest BCUT2D eigenvalue weighted by atomic mass is 10.0. The normalized spacial score (nSPS) is 11.9. The summed E-state index contributed by atoms with van der Waals surface area (Å²) in [5, 5.41) is 3.94. The molecule has 0 spiro atoms. The van der Waals surface area contributed by atoms with Gasteiger partial charge in [-0.05, 0) is 24.8 Å². The molecule has 1 amide bonds. The van der Waals surface area contributed by atoms with Gasteiger partial charge in [0, 0.05) is 18.1 Å². The van der Waals surface area contributed by atoms with Crippen LogP contribution in [0.1, 0.15) is 36.5 Å². The summed E-state index contributed by atoms with van der Waals surface area (Å²) in [4.78, 5) is 16.0. The number of halogens is 1. The average Bonchev–Trinajstić information content (AvgIpc) is 2.44. The number of alkyl halides is 1. The zero-order valence-corrected chi connectivity index (χ0v) is 13.1. The Hall–Kier alpha value is -1.10. The van der Waals surface area contributed by atoms with Crippen molar-refractivity contribution in [2.24, 2.45) is 5.92 Å². The third kappa shape index (κ3) is 5.19. The van der Waals surface area contributed by atoms with Crippen molar-refractivity contribution in [2.75, 3.05) is 19.0 Å². The van der Waals surface area contributed by atoms with Crippen molar-refractivity contribution >= 4 is 21.8 Å². The van der Waals surface area contributed by atoms with Crippen LogP contribution >= 0.6 is 15.9 Å². The van der Waals surface area contributed by atoms with Crippen LogP contribution in [0.4, 0.5) is 0 Å². The first kappa shape index (κ1) is 16.0. The summed E-state index contributed by atoms with van der Waals surface area (Å²) in [5.74, 6) is 0.920. The van der Waals surface area contributed by atoms with Gasteiger partial charge in [-0.15, -0.1) is 0 Å². The van der Waals surface area contributed by atoms with Gasteiger partial charge in [0.1, 0.15) is 5.75 Å². The van der Waals surface area contributed by atoms with Gasteiger partial charge in [0.05, 0.1) is 18.9 Å². The van der Waals surface area contributed by atoms with Crippen LogP contribution in [-0.2, 0) is 0 Å². The second kappa shape index (κ2) is 8.91. The lowest BCUT2D eigenvalue weighted by Crippen LogP contribution is -2.29. The molecular formula is C14H21BrN2O2. The fraction of sp³-hybridized carbons (Fsp3) is 0.571. The lowest BCUT2D eigenvalue weighted by Gasteiger charge is -2.16. The lowest BCUT2D eigenvalue weighted by molar-refractivity contribution is 0.0943. The monoisotopic (exact) mass is 328 g/mol. The Labute approximate surface area is 123 Å². The van der Waals surface area contributed by atoms with E-state index in [1.807, 2.05) is 0 Å². The fourth-order valence-corrected chi connectivity index (χ4v) is 2.62. The number of pyridine rings is 1. The van der Waals surface area contributed by atoms with E-state index in [4.69, 9.17) is 4.74 Å². The van der Waals surface area contributed by atoms with Crippen LogP contribution in [0.3, 0.4) is 0 Å². The summed E-state index contributed by atoms with van der Waals surface area (Å²) in [6.07, 6.45) is 6.48. The first-order valence-electron chi connectivity index (χ1n) is 6.55. The highest BCUT2D eigenvalue weighted by Gasteiger charge is 2.14. The molecule has 0 aromatic carbocycles. The number of aromatic nitrogens is 1. The van der Waals surface area contributed by atoms with E-state index in [1.54, 1.807) is 25.6 Å². The highest BCUT2D eigenvalue weighted by Crippen LogP contribution is 2.16. The highest BCUT2D eigenvalue weighted by molar-refractivity contribution is 9.09. The minimum atomic E-state index is -0.102. The van der Waals surface area contributed by atoms with E-state index in [0.717, 1.165) is 24.6 Å². The van der Waals surface area contributed by atoms with Gasteiger partial charge in [-0.1, -0.05) is 29.3 Å². The molecule has 0 aliphatic carbocycles. The standard InChI is InChI=1S/C14H21BrN2O2/c1-3-4-11(5-7-15)9-17-14(18)12-6-8-16-10-13(12)19-2/h6,8,10-11H,3-5,7,9H2,1-2H3,(H,17,18). The van der Waals surface area contributed by atoms with Crippen LogP contribution in [-0.4, -0.2) is 29.9 Å². The molecule has 0 radical (unpaired) electrons. The van der Waals surface area contributed by atoms with Crippen molar-refractivity contribution in [3.05, 3.63) is 24.0 Å². The number of nitrogens with one attached hydrogen (secondary N) is 1. The van der Waals surface area contributed by atoms with Crippen LogP contribution < -0.4 is 10.1 Å². The van der Waals surface area contributed by atoms with E-state index in [0.29, 0.717) is 23.8 Å². The Morgan fingerprint density at radius 3 is 2.95 bits per heavy atom. The number of methoxy groups -OCH3 is 1. The molecule has 0 saturated heterocycles. The molecule has 1 aromatic rings. The summed E-state index contributed by atoms with van der Waals surface area (Å²) in [6, 6.07) is 1.67. The molecule has 1 heterocycles. The summed E-state index contributed by atoms with van der Waals surface area (Å²) < 4.78 is 5.14. The minimum Gasteiger partial charge on any atom is -0.494 e. The topological polar surface area (TPSA) is 51.2 Å². The van der Waals surface area contributed by atoms with Crippen molar-refractivity contribution in [1.29, 1.82) is 0 Å². The molecule has 0 aliphatic rings. The van der Waals surface area contributed by atoms with Gasteiger partial charge in [0.25, 0.3) is 5.91 Å². The summed E-state index contributed by atoms with van der Waals surface area (Å²) >= 11 is 3.45. The molecular weight excluding hydrogens is 308 g/mol. The van der Waals surface area contributed by atoms with E-state index in [2.05, 4.69) is 33.2 Å². The largest absolute Gasteiger partial charge is 0.494 e. The van der Waals surface area contributed by atoms with Gasteiger partial charge in [-0.2, -0.15) is 0 Å². The number of hydrogen-bond donors (Lipinski definition) is 1. The van der Waals surface area contributed by atoms with Crippen molar-refractivity contribution in [3.8, 4) is 5.75 Å². The molecule has 1 unspecified atom stereocenters. The molecule has 0 bridgehead atoms. The maximum atomic E-state index is 12.1.